The molecule has 0 fully saturated rings. The maximum atomic E-state index is 13.9. The first-order valence-electron chi connectivity index (χ1n) is 10.5. The van der Waals surface area contributed by atoms with E-state index in [1.807, 2.05) is 36.4 Å². The van der Waals surface area contributed by atoms with Crippen LogP contribution in [0.3, 0.4) is 0 Å². The fourth-order valence-electron chi connectivity index (χ4n) is 4.80. The summed E-state index contributed by atoms with van der Waals surface area (Å²) in [6.45, 7) is 0.131. The van der Waals surface area contributed by atoms with E-state index >= 15 is 0 Å². The number of methoxy groups -OCH3 is 1. The Morgan fingerprint density at radius 1 is 1.00 bits per heavy atom. The number of para-hydroxylation sites is 3. The molecule has 0 aromatic heterocycles. The van der Waals surface area contributed by atoms with Crippen LogP contribution < -0.4 is 29.2 Å². The summed E-state index contributed by atoms with van der Waals surface area (Å²) in [6, 6.07) is 18.2. The van der Waals surface area contributed by atoms with Gasteiger partial charge in [0.1, 0.15) is 30.1 Å². The molecule has 166 valence electrons. The van der Waals surface area contributed by atoms with Gasteiger partial charge in [-0.15, -0.1) is 0 Å². The van der Waals surface area contributed by atoms with Gasteiger partial charge in [0.15, 0.2) is 11.5 Å². The van der Waals surface area contributed by atoms with E-state index in [9.17, 15) is 9.59 Å². The standard InChI is InChI=1S/C25H20N2O6/c1-30-19-9-5-3-7-17(19)26-23(28)12-27-18-8-4-2-6-15(18)25(24(27)29)13-31-20-11-22-21(10-16(20)25)32-14-33-22/h2-11H,12-14H2,1H3,(H,26,28). The van der Waals surface area contributed by atoms with Crippen molar-refractivity contribution in [2.24, 2.45) is 0 Å². The Morgan fingerprint density at radius 2 is 1.76 bits per heavy atom. The molecule has 0 saturated carbocycles. The van der Waals surface area contributed by atoms with Gasteiger partial charge in [-0.1, -0.05) is 30.3 Å². The average molecular weight is 444 g/mol. The van der Waals surface area contributed by atoms with Crippen LogP contribution >= 0.6 is 0 Å². The van der Waals surface area contributed by atoms with E-state index in [-0.39, 0.29) is 31.8 Å². The first-order chi connectivity index (χ1) is 16.1. The quantitative estimate of drug-likeness (QED) is 0.666. The second-order valence-electron chi connectivity index (χ2n) is 8.05. The summed E-state index contributed by atoms with van der Waals surface area (Å²) in [4.78, 5) is 28.4. The molecule has 0 aliphatic carbocycles. The van der Waals surface area contributed by atoms with Crippen molar-refractivity contribution in [2.45, 2.75) is 5.41 Å². The molecule has 6 rings (SSSR count). The zero-order valence-corrected chi connectivity index (χ0v) is 17.8. The van der Waals surface area contributed by atoms with Gasteiger partial charge >= 0.3 is 0 Å². The number of amides is 2. The van der Waals surface area contributed by atoms with Crippen molar-refractivity contribution in [3.63, 3.8) is 0 Å². The van der Waals surface area contributed by atoms with E-state index in [0.717, 1.165) is 11.1 Å². The summed E-state index contributed by atoms with van der Waals surface area (Å²) in [6.07, 6.45) is 0. The highest BCUT2D eigenvalue weighted by molar-refractivity contribution is 6.14. The Balaban J connectivity index is 1.36. The molecule has 0 saturated heterocycles. The summed E-state index contributed by atoms with van der Waals surface area (Å²) >= 11 is 0. The predicted octanol–water partition coefficient (Wildman–Crippen LogP) is 3.09. The summed E-state index contributed by atoms with van der Waals surface area (Å²) in [7, 11) is 1.54. The van der Waals surface area contributed by atoms with Crippen LogP contribution in [-0.4, -0.2) is 38.9 Å². The number of fused-ring (bicyclic) bond motifs is 5. The Labute approximate surface area is 189 Å². The molecule has 1 unspecified atom stereocenters. The highest BCUT2D eigenvalue weighted by Gasteiger charge is 2.57. The molecule has 3 aromatic rings. The normalized spacial score (nSPS) is 19.3. The molecule has 1 N–H and O–H groups in total. The van der Waals surface area contributed by atoms with Gasteiger partial charge in [-0.25, -0.2) is 0 Å². The van der Waals surface area contributed by atoms with Crippen LogP contribution in [0.15, 0.2) is 60.7 Å². The van der Waals surface area contributed by atoms with E-state index in [1.165, 1.54) is 12.0 Å². The van der Waals surface area contributed by atoms with E-state index in [4.69, 9.17) is 18.9 Å². The lowest BCUT2D eigenvalue weighted by molar-refractivity contribution is -0.124. The number of rotatable bonds is 4. The van der Waals surface area contributed by atoms with Crippen molar-refractivity contribution in [3.05, 3.63) is 71.8 Å². The highest BCUT2D eigenvalue weighted by Crippen LogP contribution is 2.54. The van der Waals surface area contributed by atoms with E-state index < -0.39 is 5.41 Å². The van der Waals surface area contributed by atoms with Crippen molar-refractivity contribution >= 4 is 23.2 Å². The number of anilines is 2. The molecular formula is C25H20N2O6. The number of benzene rings is 3. The number of nitrogens with one attached hydrogen (secondary N) is 1. The molecule has 33 heavy (non-hydrogen) atoms. The number of carbonyl (C=O) groups excluding carboxylic acids is 2. The summed E-state index contributed by atoms with van der Waals surface area (Å²) < 4.78 is 22.3. The fourth-order valence-corrected chi connectivity index (χ4v) is 4.80. The second kappa shape index (κ2) is 7.16. The van der Waals surface area contributed by atoms with Gasteiger partial charge in [-0.2, -0.15) is 0 Å². The summed E-state index contributed by atoms with van der Waals surface area (Å²) in [5, 5.41) is 2.85. The third-order valence-corrected chi connectivity index (χ3v) is 6.33. The lowest BCUT2D eigenvalue weighted by Gasteiger charge is -2.23. The van der Waals surface area contributed by atoms with Crippen LogP contribution in [-0.2, 0) is 15.0 Å². The third kappa shape index (κ3) is 2.77. The average Bonchev–Trinajstić information content (AvgIpc) is 3.51. The zero-order chi connectivity index (χ0) is 22.6. The number of ether oxygens (including phenoxy) is 4. The van der Waals surface area contributed by atoms with Gasteiger partial charge in [0.05, 0.1) is 12.8 Å². The van der Waals surface area contributed by atoms with Gasteiger partial charge in [0, 0.05) is 17.3 Å². The molecule has 3 aliphatic heterocycles. The van der Waals surface area contributed by atoms with Crippen molar-refractivity contribution in [2.75, 3.05) is 37.3 Å². The van der Waals surface area contributed by atoms with Gasteiger partial charge in [-0.3, -0.25) is 9.59 Å². The van der Waals surface area contributed by atoms with Gasteiger partial charge in [0.2, 0.25) is 18.6 Å². The fraction of sp³-hybridized carbons (Fsp3) is 0.200. The Morgan fingerprint density at radius 3 is 2.61 bits per heavy atom. The number of hydrogen-bond acceptors (Lipinski definition) is 6. The molecule has 0 bridgehead atoms. The maximum Gasteiger partial charge on any atom is 0.246 e. The van der Waals surface area contributed by atoms with Crippen molar-refractivity contribution in [3.8, 4) is 23.0 Å². The van der Waals surface area contributed by atoms with Gasteiger partial charge in [0.25, 0.3) is 0 Å². The lowest BCUT2D eigenvalue weighted by Crippen LogP contribution is -2.45. The lowest BCUT2D eigenvalue weighted by atomic mass is 9.77. The Hall–Kier alpha value is -4.20. The van der Waals surface area contributed by atoms with Crippen LogP contribution in [0, 0.1) is 0 Å². The topological polar surface area (TPSA) is 86.3 Å². The summed E-state index contributed by atoms with van der Waals surface area (Å²) in [5.41, 5.74) is 1.71. The predicted molar refractivity (Wildman–Crippen MR) is 119 cm³/mol. The molecule has 8 heteroatoms. The largest absolute Gasteiger partial charge is 0.495 e. The first kappa shape index (κ1) is 19.5. The van der Waals surface area contributed by atoms with E-state index in [2.05, 4.69) is 5.32 Å². The molecule has 3 heterocycles. The molecule has 1 spiro atoms. The zero-order valence-electron chi connectivity index (χ0n) is 17.8. The van der Waals surface area contributed by atoms with Gasteiger partial charge in [-0.05, 0) is 29.8 Å². The smallest absolute Gasteiger partial charge is 0.246 e. The highest BCUT2D eigenvalue weighted by atomic mass is 16.7. The number of carbonyl (C=O) groups is 2. The van der Waals surface area contributed by atoms with Gasteiger partial charge < -0.3 is 29.2 Å². The van der Waals surface area contributed by atoms with Crippen LogP contribution in [0.5, 0.6) is 23.0 Å². The molecule has 3 aliphatic rings. The third-order valence-electron chi connectivity index (χ3n) is 6.33. The minimum atomic E-state index is -1.04. The first-order valence-corrected chi connectivity index (χ1v) is 10.5. The van der Waals surface area contributed by atoms with Crippen LogP contribution in [0.1, 0.15) is 11.1 Å². The number of hydrogen-bond donors (Lipinski definition) is 1. The monoisotopic (exact) mass is 444 g/mol. The minimum Gasteiger partial charge on any atom is -0.495 e. The summed E-state index contributed by atoms with van der Waals surface area (Å²) in [5.74, 6) is 1.77. The van der Waals surface area contributed by atoms with Crippen LogP contribution in [0.2, 0.25) is 0 Å². The Kier molecular flexibility index (Phi) is 4.23. The van der Waals surface area contributed by atoms with Crippen LogP contribution in [0.25, 0.3) is 0 Å². The number of nitrogens with zero attached hydrogens (tertiary/aromatic N) is 1. The molecule has 2 amide bonds. The molecule has 1 atom stereocenters. The Bertz CT molecular complexity index is 1310. The van der Waals surface area contributed by atoms with E-state index in [1.54, 1.807) is 24.3 Å². The second-order valence-corrected chi connectivity index (χ2v) is 8.05. The SMILES string of the molecule is COc1ccccc1NC(=O)CN1C(=O)C2(COc3cc4c(cc32)OCO4)c2ccccc21. The van der Waals surface area contributed by atoms with Crippen LogP contribution in [0.4, 0.5) is 11.4 Å². The van der Waals surface area contributed by atoms with Crippen molar-refractivity contribution < 1.29 is 28.5 Å². The molecule has 0 radical (unpaired) electrons. The van der Waals surface area contributed by atoms with E-state index in [0.29, 0.717) is 34.4 Å². The molecule has 8 nitrogen and oxygen atoms in total. The van der Waals surface area contributed by atoms with Crippen molar-refractivity contribution in [1.29, 1.82) is 0 Å². The van der Waals surface area contributed by atoms with Crippen molar-refractivity contribution in [1.82, 2.24) is 0 Å². The molecular weight excluding hydrogens is 424 g/mol. The minimum absolute atomic E-state index is 0.130. The molecule has 3 aromatic carbocycles. The maximum absolute atomic E-state index is 13.9.